The van der Waals surface area contributed by atoms with Gasteiger partial charge in [0.2, 0.25) is 0 Å². The number of amides is 2. The van der Waals surface area contributed by atoms with Gasteiger partial charge in [-0.15, -0.1) is 0 Å². The van der Waals surface area contributed by atoms with Gasteiger partial charge in [0.1, 0.15) is 11.5 Å². The van der Waals surface area contributed by atoms with E-state index in [1.54, 1.807) is 4.90 Å². The number of nitrogens with one attached hydrogen (secondary N) is 2. The lowest BCUT2D eigenvalue weighted by Gasteiger charge is -2.32. The van der Waals surface area contributed by atoms with Crippen LogP contribution in [0.3, 0.4) is 0 Å². The van der Waals surface area contributed by atoms with E-state index in [2.05, 4.69) is 15.5 Å². The SMILES string of the molecule is O=C(NC1CCN(C(=O)c2ccc(=O)[nH]n2)CC1)c1c(F)cccc1Cl. The molecule has 0 bridgehead atoms. The van der Waals surface area contributed by atoms with Crippen molar-refractivity contribution in [1.82, 2.24) is 20.4 Å². The zero-order valence-corrected chi connectivity index (χ0v) is 14.4. The van der Waals surface area contributed by atoms with Crippen LogP contribution in [-0.2, 0) is 0 Å². The van der Waals surface area contributed by atoms with E-state index in [0.717, 1.165) is 0 Å². The van der Waals surface area contributed by atoms with Crippen LogP contribution in [0.25, 0.3) is 0 Å². The average Bonchev–Trinajstić information content (AvgIpc) is 2.62. The number of hydrogen-bond acceptors (Lipinski definition) is 4. The molecule has 0 atom stereocenters. The molecule has 0 saturated carbocycles. The lowest BCUT2D eigenvalue weighted by atomic mass is 10.0. The Labute approximate surface area is 153 Å². The molecule has 1 aromatic heterocycles. The number of H-pyrrole nitrogens is 1. The van der Waals surface area contributed by atoms with Crippen molar-refractivity contribution < 1.29 is 14.0 Å². The Kier molecular flexibility index (Phi) is 5.32. The second kappa shape index (κ2) is 7.65. The van der Waals surface area contributed by atoms with Crippen LogP contribution in [0.4, 0.5) is 4.39 Å². The van der Waals surface area contributed by atoms with E-state index in [9.17, 15) is 18.8 Å². The van der Waals surface area contributed by atoms with Gasteiger partial charge in [-0.2, -0.15) is 5.10 Å². The largest absolute Gasteiger partial charge is 0.349 e. The first-order chi connectivity index (χ1) is 12.5. The Hall–Kier alpha value is -2.74. The fourth-order valence-corrected chi connectivity index (χ4v) is 3.07. The Morgan fingerprint density at radius 1 is 1.23 bits per heavy atom. The minimum Gasteiger partial charge on any atom is -0.349 e. The predicted molar refractivity (Wildman–Crippen MR) is 92.7 cm³/mol. The number of likely N-dealkylation sites (tertiary alicyclic amines) is 1. The normalized spacial score (nSPS) is 14.9. The first-order valence-corrected chi connectivity index (χ1v) is 8.43. The van der Waals surface area contributed by atoms with Crippen LogP contribution < -0.4 is 10.9 Å². The number of carbonyl (C=O) groups excluding carboxylic acids is 2. The quantitative estimate of drug-likeness (QED) is 0.848. The van der Waals surface area contributed by atoms with Crippen molar-refractivity contribution in [1.29, 1.82) is 0 Å². The molecule has 7 nitrogen and oxygen atoms in total. The van der Waals surface area contributed by atoms with Crippen LogP contribution in [0.15, 0.2) is 35.1 Å². The second-order valence-corrected chi connectivity index (χ2v) is 6.35. The third kappa shape index (κ3) is 3.91. The second-order valence-electron chi connectivity index (χ2n) is 5.94. The van der Waals surface area contributed by atoms with Gasteiger partial charge in [0, 0.05) is 25.2 Å². The van der Waals surface area contributed by atoms with E-state index in [4.69, 9.17) is 11.6 Å². The van der Waals surface area contributed by atoms with E-state index >= 15 is 0 Å². The molecule has 1 aliphatic heterocycles. The van der Waals surface area contributed by atoms with Gasteiger partial charge < -0.3 is 10.2 Å². The van der Waals surface area contributed by atoms with Crippen LogP contribution in [0.5, 0.6) is 0 Å². The predicted octanol–water partition coefficient (Wildman–Crippen LogP) is 1.60. The molecule has 1 aliphatic rings. The number of aromatic amines is 1. The summed E-state index contributed by atoms with van der Waals surface area (Å²) in [6, 6.07) is 6.49. The van der Waals surface area contributed by atoms with Gasteiger partial charge in [-0.3, -0.25) is 14.4 Å². The highest BCUT2D eigenvalue weighted by Crippen LogP contribution is 2.20. The van der Waals surface area contributed by atoms with Crippen molar-refractivity contribution in [2.24, 2.45) is 0 Å². The van der Waals surface area contributed by atoms with Crippen LogP contribution in [0, 0.1) is 5.82 Å². The third-order valence-corrected chi connectivity index (χ3v) is 4.52. The molecule has 1 aromatic carbocycles. The number of nitrogens with zero attached hydrogens (tertiary/aromatic N) is 2. The van der Waals surface area contributed by atoms with Gasteiger partial charge in [0.15, 0.2) is 0 Å². The van der Waals surface area contributed by atoms with Crippen molar-refractivity contribution in [2.45, 2.75) is 18.9 Å². The van der Waals surface area contributed by atoms with Gasteiger partial charge in [-0.1, -0.05) is 17.7 Å². The molecule has 9 heteroatoms. The highest BCUT2D eigenvalue weighted by Gasteiger charge is 2.26. The highest BCUT2D eigenvalue weighted by molar-refractivity contribution is 6.33. The summed E-state index contributed by atoms with van der Waals surface area (Å²) in [7, 11) is 0. The van der Waals surface area contributed by atoms with Gasteiger partial charge >= 0.3 is 0 Å². The Morgan fingerprint density at radius 3 is 2.58 bits per heavy atom. The lowest BCUT2D eigenvalue weighted by molar-refractivity contribution is 0.0691. The summed E-state index contributed by atoms with van der Waals surface area (Å²) < 4.78 is 13.8. The molecule has 2 heterocycles. The van der Waals surface area contributed by atoms with Crippen LogP contribution in [-0.4, -0.2) is 46.0 Å². The van der Waals surface area contributed by atoms with Gasteiger partial charge in [-0.05, 0) is 31.0 Å². The lowest BCUT2D eigenvalue weighted by Crippen LogP contribution is -2.47. The molecule has 0 unspecified atom stereocenters. The standard InChI is InChI=1S/C17H16ClFN4O3/c18-11-2-1-3-12(19)15(11)16(25)20-10-6-8-23(9-7-10)17(26)13-4-5-14(24)22-21-13/h1-5,10H,6-9H2,(H,20,25)(H,22,24). The monoisotopic (exact) mass is 378 g/mol. The summed E-state index contributed by atoms with van der Waals surface area (Å²) in [5, 5.41) is 8.76. The number of piperidine rings is 1. The molecule has 1 fully saturated rings. The number of carbonyl (C=O) groups is 2. The smallest absolute Gasteiger partial charge is 0.274 e. The molecule has 2 amide bonds. The number of aromatic nitrogens is 2. The van der Waals surface area contributed by atoms with Crippen molar-refractivity contribution >= 4 is 23.4 Å². The van der Waals surface area contributed by atoms with Crippen molar-refractivity contribution in [3.63, 3.8) is 0 Å². The molecule has 3 rings (SSSR count). The number of benzene rings is 1. The Balaban J connectivity index is 1.58. The van der Waals surface area contributed by atoms with Crippen LogP contribution in [0.2, 0.25) is 5.02 Å². The maximum absolute atomic E-state index is 13.8. The van der Waals surface area contributed by atoms with Crippen molar-refractivity contribution in [3.8, 4) is 0 Å². The molecule has 136 valence electrons. The molecule has 1 saturated heterocycles. The van der Waals surface area contributed by atoms with E-state index in [1.807, 2.05) is 0 Å². The number of halogens is 2. The van der Waals surface area contributed by atoms with Crippen molar-refractivity contribution in [3.05, 3.63) is 62.8 Å². The molecule has 0 aliphatic carbocycles. The Bertz CT molecular complexity index is 853. The fourth-order valence-electron chi connectivity index (χ4n) is 2.82. The highest BCUT2D eigenvalue weighted by atomic mass is 35.5. The Morgan fingerprint density at radius 2 is 1.96 bits per heavy atom. The minimum absolute atomic E-state index is 0.0549. The van der Waals surface area contributed by atoms with Gasteiger partial charge in [0.25, 0.3) is 17.4 Å². The fraction of sp³-hybridized carbons (Fsp3) is 0.294. The topological polar surface area (TPSA) is 95.2 Å². The molecule has 26 heavy (non-hydrogen) atoms. The van der Waals surface area contributed by atoms with Crippen molar-refractivity contribution in [2.75, 3.05) is 13.1 Å². The zero-order valence-electron chi connectivity index (χ0n) is 13.7. The third-order valence-electron chi connectivity index (χ3n) is 4.21. The maximum Gasteiger partial charge on any atom is 0.274 e. The number of rotatable bonds is 3. The van der Waals surface area contributed by atoms with Crippen LogP contribution in [0.1, 0.15) is 33.7 Å². The molecular formula is C17H16ClFN4O3. The van der Waals surface area contributed by atoms with Gasteiger partial charge in [0.05, 0.1) is 10.6 Å². The summed E-state index contributed by atoms with van der Waals surface area (Å²) in [4.78, 5) is 37.2. The van der Waals surface area contributed by atoms with E-state index in [1.165, 1.54) is 30.3 Å². The van der Waals surface area contributed by atoms with Crippen LogP contribution >= 0.6 is 11.6 Å². The molecule has 0 radical (unpaired) electrons. The summed E-state index contributed by atoms with van der Waals surface area (Å²) in [5.41, 5.74) is -0.398. The molecule has 0 spiro atoms. The summed E-state index contributed by atoms with van der Waals surface area (Å²) in [5.74, 6) is -1.53. The maximum atomic E-state index is 13.8. The van der Waals surface area contributed by atoms with Gasteiger partial charge in [-0.25, -0.2) is 9.49 Å². The zero-order chi connectivity index (χ0) is 18.7. The van der Waals surface area contributed by atoms with E-state index < -0.39 is 11.7 Å². The van der Waals surface area contributed by atoms with E-state index in [-0.39, 0.29) is 33.8 Å². The summed E-state index contributed by atoms with van der Waals surface area (Å²) >= 11 is 5.90. The van der Waals surface area contributed by atoms with E-state index in [0.29, 0.717) is 25.9 Å². The molecule has 2 N–H and O–H groups in total. The first kappa shape index (κ1) is 18.1. The first-order valence-electron chi connectivity index (χ1n) is 8.05. The summed E-state index contributed by atoms with van der Waals surface area (Å²) in [6.45, 7) is 0.825. The summed E-state index contributed by atoms with van der Waals surface area (Å²) in [6.07, 6.45) is 1.04. The number of hydrogen-bond donors (Lipinski definition) is 2. The minimum atomic E-state index is -0.674. The average molecular weight is 379 g/mol. The molecule has 2 aromatic rings. The molecular weight excluding hydrogens is 363 g/mol.